The molecule has 0 aromatic heterocycles. The lowest BCUT2D eigenvalue weighted by Gasteiger charge is -2.16. The molecule has 0 saturated heterocycles. The number of nitrogens with two attached hydrogens (primary N) is 2. The van der Waals surface area contributed by atoms with Crippen LogP contribution in [0.3, 0.4) is 0 Å². The van der Waals surface area contributed by atoms with E-state index in [1.807, 2.05) is 19.1 Å². The van der Waals surface area contributed by atoms with Crippen LogP contribution < -0.4 is 16.8 Å². The Morgan fingerprint density at radius 2 is 1.96 bits per heavy atom. The monoisotopic (exact) mass is 364 g/mol. The Kier molecular flexibility index (Phi) is 6.06. The topological polar surface area (TPSA) is 93.5 Å². The van der Waals surface area contributed by atoms with Crippen LogP contribution >= 0.6 is 23.2 Å². The lowest BCUT2D eigenvalue weighted by molar-refractivity contribution is 0.1000. The minimum atomic E-state index is -0.474. The Bertz CT molecular complexity index is 777. The number of carbonyl (C=O) groups is 1. The van der Waals surface area contributed by atoms with Crippen molar-refractivity contribution >= 4 is 35.1 Å². The van der Waals surface area contributed by atoms with Gasteiger partial charge in [-0.05, 0) is 42.3 Å². The van der Waals surface area contributed by atoms with Gasteiger partial charge in [0, 0.05) is 15.6 Å². The Morgan fingerprint density at radius 1 is 1.21 bits per heavy atom. The SMILES string of the molecule is CC(NC(N)=NCc1cccc(C(N)=O)c1)c1ccc(Cl)cc1Cl. The number of amides is 1. The van der Waals surface area contributed by atoms with Gasteiger partial charge in [0.05, 0.1) is 12.6 Å². The fourth-order valence-electron chi connectivity index (χ4n) is 2.20. The Balaban J connectivity index is 2.03. The van der Waals surface area contributed by atoms with Gasteiger partial charge in [-0.25, -0.2) is 4.99 Å². The third-order valence-corrected chi connectivity index (χ3v) is 4.00. The van der Waals surface area contributed by atoms with Crippen LogP contribution in [0.15, 0.2) is 47.5 Å². The number of primary amides is 1. The van der Waals surface area contributed by atoms with E-state index in [9.17, 15) is 4.79 Å². The molecule has 1 amide bonds. The number of benzene rings is 2. The summed E-state index contributed by atoms with van der Waals surface area (Å²) in [6.07, 6.45) is 0. The van der Waals surface area contributed by atoms with E-state index < -0.39 is 5.91 Å². The van der Waals surface area contributed by atoms with Crippen molar-refractivity contribution in [2.75, 3.05) is 0 Å². The van der Waals surface area contributed by atoms with Gasteiger partial charge < -0.3 is 16.8 Å². The molecule has 0 heterocycles. The molecule has 0 radical (unpaired) electrons. The normalized spacial score (nSPS) is 12.7. The van der Waals surface area contributed by atoms with Crippen LogP contribution in [0, 0.1) is 0 Å². The van der Waals surface area contributed by atoms with Crippen molar-refractivity contribution in [3.63, 3.8) is 0 Å². The first-order valence-electron chi connectivity index (χ1n) is 7.27. The molecule has 2 rings (SSSR count). The maximum absolute atomic E-state index is 11.2. The van der Waals surface area contributed by atoms with Gasteiger partial charge in [-0.1, -0.05) is 41.4 Å². The van der Waals surface area contributed by atoms with Crippen molar-refractivity contribution in [1.82, 2.24) is 5.32 Å². The number of carbonyl (C=O) groups excluding carboxylic acids is 1. The van der Waals surface area contributed by atoms with Crippen molar-refractivity contribution < 1.29 is 4.79 Å². The molecular weight excluding hydrogens is 347 g/mol. The van der Waals surface area contributed by atoms with Crippen LogP contribution in [0.25, 0.3) is 0 Å². The molecule has 126 valence electrons. The molecule has 5 N–H and O–H groups in total. The van der Waals surface area contributed by atoms with Gasteiger partial charge in [0.1, 0.15) is 0 Å². The molecular formula is C17H18Cl2N4O. The molecule has 0 saturated carbocycles. The van der Waals surface area contributed by atoms with Crippen LogP contribution in [0.5, 0.6) is 0 Å². The lowest BCUT2D eigenvalue weighted by atomic mass is 10.1. The van der Waals surface area contributed by atoms with Crippen molar-refractivity contribution in [2.24, 2.45) is 16.5 Å². The molecule has 24 heavy (non-hydrogen) atoms. The number of halogens is 2. The Labute approximate surface area is 150 Å². The summed E-state index contributed by atoms with van der Waals surface area (Å²) in [7, 11) is 0. The highest BCUT2D eigenvalue weighted by atomic mass is 35.5. The quantitative estimate of drug-likeness (QED) is 0.561. The van der Waals surface area contributed by atoms with Crippen molar-refractivity contribution in [3.8, 4) is 0 Å². The number of hydrogen-bond acceptors (Lipinski definition) is 2. The standard InChI is InChI=1S/C17H18Cl2N4O/c1-10(14-6-5-13(18)8-15(14)19)23-17(21)22-9-11-3-2-4-12(7-11)16(20)24/h2-8,10H,9H2,1H3,(H2,20,24)(H3,21,22,23). The van der Waals surface area contributed by atoms with Crippen LogP contribution in [0.1, 0.15) is 34.5 Å². The molecule has 2 aromatic carbocycles. The van der Waals surface area contributed by atoms with Crippen molar-refractivity contribution in [3.05, 3.63) is 69.2 Å². The summed E-state index contributed by atoms with van der Waals surface area (Å²) >= 11 is 12.1. The number of nitrogens with one attached hydrogen (secondary N) is 1. The zero-order valence-corrected chi connectivity index (χ0v) is 14.6. The van der Waals surface area contributed by atoms with E-state index >= 15 is 0 Å². The minimum absolute atomic E-state index is 0.129. The first-order valence-corrected chi connectivity index (χ1v) is 8.02. The van der Waals surface area contributed by atoms with E-state index in [1.54, 1.807) is 30.3 Å². The predicted octanol–water partition coefficient (Wildman–Crippen LogP) is 3.26. The summed E-state index contributed by atoms with van der Waals surface area (Å²) in [4.78, 5) is 15.4. The lowest BCUT2D eigenvalue weighted by Crippen LogP contribution is -2.34. The number of hydrogen-bond donors (Lipinski definition) is 3. The van der Waals surface area contributed by atoms with Gasteiger partial charge in [0.15, 0.2) is 5.96 Å². The van der Waals surface area contributed by atoms with Gasteiger partial charge in [-0.2, -0.15) is 0 Å². The Morgan fingerprint density at radius 3 is 2.62 bits per heavy atom. The molecule has 0 spiro atoms. The smallest absolute Gasteiger partial charge is 0.248 e. The molecule has 0 bridgehead atoms. The van der Waals surface area contributed by atoms with Crippen molar-refractivity contribution in [2.45, 2.75) is 19.5 Å². The van der Waals surface area contributed by atoms with Crippen LogP contribution in [0.4, 0.5) is 0 Å². The zero-order valence-electron chi connectivity index (χ0n) is 13.1. The second kappa shape index (κ2) is 8.04. The van der Waals surface area contributed by atoms with E-state index in [0.29, 0.717) is 22.2 Å². The molecule has 0 aliphatic heterocycles. The van der Waals surface area contributed by atoms with E-state index in [4.69, 9.17) is 34.7 Å². The molecule has 1 atom stereocenters. The summed E-state index contributed by atoms with van der Waals surface area (Å²) in [6, 6.07) is 12.1. The first kappa shape index (κ1) is 18.1. The van der Waals surface area contributed by atoms with Gasteiger partial charge in [-0.15, -0.1) is 0 Å². The predicted molar refractivity (Wildman–Crippen MR) is 98.3 cm³/mol. The molecule has 0 fully saturated rings. The van der Waals surface area contributed by atoms with Gasteiger partial charge in [0.2, 0.25) is 5.91 Å². The fourth-order valence-corrected chi connectivity index (χ4v) is 2.77. The first-order chi connectivity index (χ1) is 11.4. The van der Waals surface area contributed by atoms with E-state index in [1.165, 1.54) is 0 Å². The van der Waals surface area contributed by atoms with Crippen LogP contribution in [-0.2, 0) is 6.54 Å². The molecule has 2 aromatic rings. The largest absolute Gasteiger partial charge is 0.370 e. The number of nitrogens with zero attached hydrogens (tertiary/aromatic N) is 1. The van der Waals surface area contributed by atoms with E-state index in [2.05, 4.69) is 10.3 Å². The second-order valence-electron chi connectivity index (χ2n) is 5.30. The fraction of sp³-hybridized carbons (Fsp3) is 0.176. The summed E-state index contributed by atoms with van der Waals surface area (Å²) in [5, 5.41) is 4.21. The van der Waals surface area contributed by atoms with E-state index in [-0.39, 0.29) is 12.0 Å². The third kappa shape index (κ3) is 4.88. The maximum atomic E-state index is 11.2. The average Bonchev–Trinajstić information content (AvgIpc) is 2.53. The second-order valence-corrected chi connectivity index (χ2v) is 6.14. The van der Waals surface area contributed by atoms with Gasteiger partial charge in [-0.3, -0.25) is 4.79 Å². The third-order valence-electron chi connectivity index (χ3n) is 3.44. The average molecular weight is 365 g/mol. The molecule has 1 unspecified atom stereocenters. The molecule has 0 aliphatic rings. The number of guanidine groups is 1. The molecule has 5 nitrogen and oxygen atoms in total. The summed E-state index contributed by atoms with van der Waals surface area (Å²) in [6.45, 7) is 2.26. The highest BCUT2D eigenvalue weighted by molar-refractivity contribution is 6.35. The van der Waals surface area contributed by atoms with Crippen LogP contribution in [-0.4, -0.2) is 11.9 Å². The number of rotatable bonds is 5. The van der Waals surface area contributed by atoms with E-state index in [0.717, 1.165) is 11.1 Å². The van der Waals surface area contributed by atoms with Crippen LogP contribution in [0.2, 0.25) is 10.0 Å². The summed E-state index contributed by atoms with van der Waals surface area (Å²) in [5.41, 5.74) is 13.3. The highest BCUT2D eigenvalue weighted by Crippen LogP contribution is 2.25. The Hall–Kier alpha value is -2.24. The van der Waals surface area contributed by atoms with Gasteiger partial charge in [0.25, 0.3) is 0 Å². The number of aliphatic imine (C=N–C) groups is 1. The molecule has 7 heteroatoms. The summed E-state index contributed by atoms with van der Waals surface area (Å²) in [5.74, 6) is -0.198. The minimum Gasteiger partial charge on any atom is -0.370 e. The van der Waals surface area contributed by atoms with Gasteiger partial charge >= 0.3 is 0 Å². The molecule has 0 aliphatic carbocycles. The summed E-state index contributed by atoms with van der Waals surface area (Å²) < 4.78 is 0. The van der Waals surface area contributed by atoms with Crippen molar-refractivity contribution in [1.29, 1.82) is 0 Å². The zero-order chi connectivity index (χ0) is 17.7. The maximum Gasteiger partial charge on any atom is 0.248 e. The highest BCUT2D eigenvalue weighted by Gasteiger charge is 2.10.